The molecule has 0 bridgehead atoms. The summed E-state index contributed by atoms with van der Waals surface area (Å²) in [6.45, 7) is 4.49. The molecule has 3 aromatic carbocycles. The number of benzene rings is 3. The first kappa shape index (κ1) is 18.4. The lowest BCUT2D eigenvalue weighted by molar-refractivity contribution is 0.519. The fraction of sp³-hybridized carbons (Fsp3) is 0.222. The number of hydrogen-bond acceptors (Lipinski definition) is 1. The lowest BCUT2D eigenvalue weighted by atomic mass is 9.78. The van der Waals surface area contributed by atoms with E-state index >= 15 is 0 Å². The van der Waals surface area contributed by atoms with Gasteiger partial charge in [0.05, 0.1) is 11.8 Å². The highest BCUT2D eigenvalue weighted by atomic mass is 14.8. The van der Waals surface area contributed by atoms with E-state index in [4.69, 9.17) is 4.99 Å². The average molecular weight is 366 g/mol. The second-order valence-electron chi connectivity index (χ2n) is 7.40. The van der Waals surface area contributed by atoms with Gasteiger partial charge in [-0.25, -0.2) is 0 Å². The Bertz CT molecular complexity index is 983. The van der Waals surface area contributed by atoms with Gasteiger partial charge in [0.1, 0.15) is 0 Å². The zero-order valence-corrected chi connectivity index (χ0v) is 16.7. The zero-order valence-electron chi connectivity index (χ0n) is 16.7. The van der Waals surface area contributed by atoms with Crippen LogP contribution in [0.15, 0.2) is 96.0 Å². The molecule has 1 aliphatic rings. The van der Waals surface area contributed by atoms with Crippen LogP contribution in [0.1, 0.15) is 48.6 Å². The summed E-state index contributed by atoms with van der Waals surface area (Å²) < 4.78 is 0. The van der Waals surface area contributed by atoms with E-state index < -0.39 is 0 Å². The fourth-order valence-corrected chi connectivity index (χ4v) is 4.14. The number of allylic oxidation sites excluding steroid dienone is 1. The van der Waals surface area contributed by atoms with E-state index in [1.165, 1.54) is 27.8 Å². The molecule has 0 saturated carbocycles. The van der Waals surface area contributed by atoms with Crippen LogP contribution >= 0.6 is 0 Å². The van der Waals surface area contributed by atoms with Crippen LogP contribution in [0.2, 0.25) is 0 Å². The normalized spacial score (nSPS) is 19.1. The standard InChI is InChI=1S/C27H27N/c1-3-20-12-11-17-23(18-20)27-24(4-2)25(21-13-7-5-8-14-21)19-26(28-27)22-15-9-6-10-16-22/h5-19,24,27H,3-4H2,1-2H3. The van der Waals surface area contributed by atoms with Crippen molar-refractivity contribution in [2.24, 2.45) is 10.9 Å². The van der Waals surface area contributed by atoms with E-state index in [0.717, 1.165) is 18.6 Å². The van der Waals surface area contributed by atoms with Crippen molar-refractivity contribution >= 4 is 11.3 Å². The molecule has 2 atom stereocenters. The molecule has 0 spiro atoms. The Morgan fingerprint density at radius 3 is 2.07 bits per heavy atom. The lowest BCUT2D eigenvalue weighted by Gasteiger charge is -2.31. The molecule has 140 valence electrons. The van der Waals surface area contributed by atoms with Crippen LogP contribution in [0.3, 0.4) is 0 Å². The maximum atomic E-state index is 5.27. The van der Waals surface area contributed by atoms with E-state index in [9.17, 15) is 0 Å². The monoisotopic (exact) mass is 365 g/mol. The molecule has 0 aliphatic carbocycles. The van der Waals surface area contributed by atoms with Crippen molar-refractivity contribution in [3.8, 4) is 0 Å². The van der Waals surface area contributed by atoms with Gasteiger partial charge in [0.15, 0.2) is 0 Å². The first-order valence-electron chi connectivity index (χ1n) is 10.3. The molecule has 1 heteroatoms. The van der Waals surface area contributed by atoms with Gasteiger partial charge >= 0.3 is 0 Å². The topological polar surface area (TPSA) is 12.4 Å². The summed E-state index contributed by atoms with van der Waals surface area (Å²) >= 11 is 0. The predicted molar refractivity (Wildman–Crippen MR) is 120 cm³/mol. The molecule has 0 saturated heterocycles. The van der Waals surface area contributed by atoms with Gasteiger partial charge in [0.2, 0.25) is 0 Å². The Labute approximate surface area is 168 Å². The quantitative estimate of drug-likeness (QED) is 0.466. The minimum absolute atomic E-state index is 0.145. The van der Waals surface area contributed by atoms with Crippen LogP contribution in [0.5, 0.6) is 0 Å². The Balaban J connectivity index is 1.86. The van der Waals surface area contributed by atoms with Crippen LogP contribution in [0.25, 0.3) is 5.57 Å². The largest absolute Gasteiger partial charge is 0.276 e. The van der Waals surface area contributed by atoms with Gasteiger partial charge in [0, 0.05) is 5.92 Å². The summed E-state index contributed by atoms with van der Waals surface area (Å²) in [7, 11) is 0. The SMILES string of the molecule is CCc1cccc(C2N=C(c3ccccc3)C=C(c3ccccc3)C2CC)c1. The highest BCUT2D eigenvalue weighted by molar-refractivity contribution is 6.13. The van der Waals surface area contributed by atoms with Crippen molar-refractivity contribution in [2.45, 2.75) is 32.7 Å². The molecule has 0 fully saturated rings. The van der Waals surface area contributed by atoms with E-state index in [1.807, 2.05) is 0 Å². The van der Waals surface area contributed by atoms with Gasteiger partial charge in [-0.15, -0.1) is 0 Å². The van der Waals surface area contributed by atoms with Crippen LogP contribution in [-0.2, 0) is 6.42 Å². The maximum Gasteiger partial charge on any atom is 0.0825 e. The number of nitrogens with zero attached hydrogens (tertiary/aromatic N) is 1. The van der Waals surface area contributed by atoms with Gasteiger partial charge in [-0.3, -0.25) is 4.99 Å². The molecule has 0 N–H and O–H groups in total. The molecule has 1 heterocycles. The number of dihydropyridines is 1. The third-order valence-electron chi connectivity index (χ3n) is 5.67. The van der Waals surface area contributed by atoms with Crippen molar-refractivity contribution in [3.05, 3.63) is 113 Å². The Kier molecular flexibility index (Phi) is 5.53. The second kappa shape index (κ2) is 8.39. The number of hydrogen-bond donors (Lipinski definition) is 0. The van der Waals surface area contributed by atoms with Gasteiger partial charge in [-0.2, -0.15) is 0 Å². The molecule has 4 rings (SSSR count). The van der Waals surface area contributed by atoms with E-state index in [-0.39, 0.29) is 6.04 Å². The molecule has 28 heavy (non-hydrogen) atoms. The maximum absolute atomic E-state index is 5.27. The van der Waals surface area contributed by atoms with Crippen LogP contribution in [0, 0.1) is 5.92 Å². The van der Waals surface area contributed by atoms with Crippen molar-refractivity contribution in [2.75, 3.05) is 0 Å². The summed E-state index contributed by atoms with van der Waals surface area (Å²) in [5.41, 5.74) is 7.65. The van der Waals surface area contributed by atoms with Gasteiger partial charge in [-0.1, -0.05) is 98.8 Å². The molecular weight excluding hydrogens is 338 g/mol. The van der Waals surface area contributed by atoms with Gasteiger partial charge in [0.25, 0.3) is 0 Å². The smallest absolute Gasteiger partial charge is 0.0825 e. The fourth-order valence-electron chi connectivity index (χ4n) is 4.14. The molecule has 1 aliphatic heterocycles. The molecule has 0 amide bonds. The minimum Gasteiger partial charge on any atom is -0.276 e. The molecule has 2 unspecified atom stereocenters. The highest BCUT2D eigenvalue weighted by Crippen LogP contribution is 2.42. The van der Waals surface area contributed by atoms with Gasteiger partial charge < -0.3 is 0 Å². The van der Waals surface area contributed by atoms with E-state index in [1.54, 1.807) is 0 Å². The predicted octanol–water partition coefficient (Wildman–Crippen LogP) is 6.90. The third kappa shape index (κ3) is 3.71. The average Bonchev–Trinajstić information content (AvgIpc) is 2.79. The summed E-state index contributed by atoms with van der Waals surface area (Å²) in [5, 5.41) is 0. The van der Waals surface area contributed by atoms with Crippen LogP contribution < -0.4 is 0 Å². The third-order valence-corrected chi connectivity index (χ3v) is 5.67. The first-order valence-corrected chi connectivity index (χ1v) is 10.3. The summed E-state index contributed by atoms with van der Waals surface area (Å²) in [6.07, 6.45) is 4.42. The molecule has 0 aromatic heterocycles. The molecular formula is C27H27N. The van der Waals surface area contributed by atoms with Crippen molar-refractivity contribution in [1.29, 1.82) is 0 Å². The second-order valence-corrected chi connectivity index (χ2v) is 7.40. The highest BCUT2D eigenvalue weighted by Gasteiger charge is 2.30. The lowest BCUT2D eigenvalue weighted by Crippen LogP contribution is -2.20. The van der Waals surface area contributed by atoms with Crippen LogP contribution in [-0.4, -0.2) is 5.71 Å². The number of aliphatic imine (C=N–C) groups is 1. The molecule has 3 aromatic rings. The number of rotatable bonds is 5. The first-order chi connectivity index (χ1) is 13.8. The Morgan fingerprint density at radius 2 is 1.43 bits per heavy atom. The van der Waals surface area contributed by atoms with Gasteiger partial charge in [-0.05, 0) is 46.7 Å². The summed E-state index contributed by atoms with van der Waals surface area (Å²) in [5.74, 6) is 0.377. The summed E-state index contributed by atoms with van der Waals surface area (Å²) in [4.78, 5) is 5.27. The van der Waals surface area contributed by atoms with Crippen LogP contribution in [0.4, 0.5) is 0 Å². The van der Waals surface area contributed by atoms with E-state index in [2.05, 4.69) is 105 Å². The minimum atomic E-state index is 0.145. The zero-order chi connectivity index (χ0) is 19.3. The van der Waals surface area contributed by atoms with Crippen molar-refractivity contribution in [1.82, 2.24) is 0 Å². The Hall–Kier alpha value is -2.93. The number of aryl methyl sites for hydroxylation is 1. The summed E-state index contributed by atoms with van der Waals surface area (Å²) in [6, 6.07) is 30.5. The molecule has 0 radical (unpaired) electrons. The molecule has 1 nitrogen and oxygen atoms in total. The van der Waals surface area contributed by atoms with Crippen molar-refractivity contribution < 1.29 is 0 Å². The Morgan fingerprint density at radius 1 is 0.750 bits per heavy atom. The van der Waals surface area contributed by atoms with E-state index in [0.29, 0.717) is 5.92 Å². The van der Waals surface area contributed by atoms with Crippen molar-refractivity contribution in [3.63, 3.8) is 0 Å².